The molecule has 2 rings (SSSR count). The van der Waals surface area contributed by atoms with Crippen molar-refractivity contribution in [2.24, 2.45) is 11.7 Å². The molecule has 0 aromatic carbocycles. The maximum Gasteiger partial charge on any atom is 0.316 e. The summed E-state index contributed by atoms with van der Waals surface area (Å²) in [7, 11) is 0. The highest BCUT2D eigenvalue weighted by atomic mass is 16.5. The quantitative estimate of drug-likeness (QED) is 0.798. The molecule has 1 saturated heterocycles. The van der Waals surface area contributed by atoms with Crippen LogP contribution in [0.3, 0.4) is 0 Å². The van der Waals surface area contributed by atoms with Crippen molar-refractivity contribution >= 4 is 5.91 Å². The van der Waals surface area contributed by atoms with Gasteiger partial charge in [-0.1, -0.05) is 32.9 Å². The Morgan fingerprint density at radius 2 is 2.11 bits per heavy atom. The van der Waals surface area contributed by atoms with E-state index < -0.39 is 0 Å². The smallest absolute Gasteiger partial charge is 0.316 e. The van der Waals surface area contributed by atoms with Gasteiger partial charge in [0.1, 0.15) is 0 Å². The van der Waals surface area contributed by atoms with Crippen molar-refractivity contribution in [3.05, 3.63) is 11.7 Å². The fraction of sp³-hybridized carbons (Fsp3) is 0.750. The van der Waals surface area contributed by atoms with Gasteiger partial charge in [-0.15, -0.1) is 0 Å². The second kappa shape index (κ2) is 4.35. The third kappa shape index (κ3) is 2.38. The summed E-state index contributed by atoms with van der Waals surface area (Å²) in [6.45, 7) is 9.15. The Bertz CT molecular complexity index is 439. The zero-order chi connectivity index (χ0) is 13.5. The van der Waals surface area contributed by atoms with E-state index in [2.05, 4.69) is 10.1 Å². The number of amides is 1. The van der Waals surface area contributed by atoms with Crippen LogP contribution in [0.25, 0.3) is 0 Å². The predicted molar refractivity (Wildman–Crippen MR) is 66.0 cm³/mol. The lowest BCUT2D eigenvalue weighted by Crippen LogP contribution is -2.32. The van der Waals surface area contributed by atoms with Gasteiger partial charge in [0, 0.05) is 24.5 Å². The van der Waals surface area contributed by atoms with E-state index in [-0.39, 0.29) is 23.3 Å². The molecule has 1 aliphatic rings. The molecule has 6 nitrogen and oxygen atoms in total. The largest absolute Gasteiger partial charge is 0.333 e. The second-order valence-corrected chi connectivity index (χ2v) is 6.02. The minimum Gasteiger partial charge on any atom is -0.333 e. The Hall–Kier alpha value is -1.43. The van der Waals surface area contributed by atoms with Crippen LogP contribution < -0.4 is 5.73 Å². The molecule has 0 aliphatic carbocycles. The number of nitrogens with zero attached hydrogens (tertiary/aromatic N) is 3. The van der Waals surface area contributed by atoms with Crippen LogP contribution in [-0.4, -0.2) is 40.1 Å². The van der Waals surface area contributed by atoms with E-state index in [1.807, 2.05) is 27.7 Å². The number of likely N-dealkylation sites (tertiary alicyclic amines) is 1. The van der Waals surface area contributed by atoms with Crippen LogP contribution in [0.5, 0.6) is 0 Å². The average molecular weight is 252 g/mol. The molecule has 1 aromatic rings. The van der Waals surface area contributed by atoms with Gasteiger partial charge in [0.2, 0.25) is 0 Å². The Kier molecular flexibility index (Phi) is 3.14. The summed E-state index contributed by atoms with van der Waals surface area (Å²) in [4.78, 5) is 18.0. The molecule has 6 heteroatoms. The molecular weight excluding hydrogens is 232 g/mol. The Morgan fingerprint density at radius 3 is 2.56 bits per heavy atom. The molecular formula is C12H20N4O2. The van der Waals surface area contributed by atoms with Gasteiger partial charge in [-0.2, -0.15) is 4.98 Å². The highest BCUT2D eigenvalue weighted by molar-refractivity contribution is 5.89. The van der Waals surface area contributed by atoms with E-state index in [0.717, 1.165) is 0 Å². The minimum absolute atomic E-state index is 0.0268. The number of hydrogen-bond acceptors (Lipinski definition) is 5. The third-order valence-corrected chi connectivity index (χ3v) is 3.24. The molecule has 0 spiro atoms. The van der Waals surface area contributed by atoms with Crippen molar-refractivity contribution in [2.45, 2.75) is 39.2 Å². The van der Waals surface area contributed by atoms with E-state index in [0.29, 0.717) is 24.8 Å². The Labute approximate surface area is 107 Å². The van der Waals surface area contributed by atoms with Crippen molar-refractivity contribution in [1.82, 2.24) is 15.0 Å². The molecule has 100 valence electrons. The van der Waals surface area contributed by atoms with Crippen molar-refractivity contribution in [3.8, 4) is 0 Å². The summed E-state index contributed by atoms with van der Waals surface area (Å²) >= 11 is 0. The van der Waals surface area contributed by atoms with Crippen LogP contribution >= 0.6 is 0 Å². The van der Waals surface area contributed by atoms with Crippen LogP contribution in [0.15, 0.2) is 4.52 Å². The summed E-state index contributed by atoms with van der Waals surface area (Å²) in [5.41, 5.74) is 5.67. The van der Waals surface area contributed by atoms with E-state index in [9.17, 15) is 4.79 Å². The normalized spacial score (nSPS) is 24.6. The van der Waals surface area contributed by atoms with Crippen LogP contribution in [0.1, 0.15) is 44.2 Å². The van der Waals surface area contributed by atoms with Gasteiger partial charge in [-0.3, -0.25) is 4.79 Å². The van der Waals surface area contributed by atoms with Gasteiger partial charge in [0.25, 0.3) is 0 Å². The molecule has 0 bridgehead atoms. The van der Waals surface area contributed by atoms with Gasteiger partial charge in [0.05, 0.1) is 0 Å². The number of rotatable bonds is 1. The first-order chi connectivity index (χ1) is 8.29. The first kappa shape index (κ1) is 13.0. The van der Waals surface area contributed by atoms with E-state index in [1.165, 1.54) is 0 Å². The second-order valence-electron chi connectivity index (χ2n) is 6.02. The zero-order valence-corrected chi connectivity index (χ0v) is 11.3. The molecule has 2 N–H and O–H groups in total. The van der Waals surface area contributed by atoms with Gasteiger partial charge >= 0.3 is 11.8 Å². The van der Waals surface area contributed by atoms with Gasteiger partial charge < -0.3 is 15.2 Å². The number of carbonyl (C=O) groups is 1. The summed E-state index contributed by atoms with van der Waals surface area (Å²) in [5.74, 6) is 0.681. The average Bonchev–Trinajstić information content (AvgIpc) is 2.85. The molecule has 0 saturated carbocycles. The molecule has 2 heterocycles. The SMILES string of the molecule is CC1CN(C(=O)c2nc(C(C)(C)C)no2)CC1N. The van der Waals surface area contributed by atoms with Gasteiger partial charge in [-0.25, -0.2) is 0 Å². The molecule has 1 aliphatic heterocycles. The molecule has 0 radical (unpaired) electrons. The van der Waals surface area contributed by atoms with E-state index >= 15 is 0 Å². The summed E-state index contributed by atoms with van der Waals surface area (Å²) in [6, 6.07) is 0.0268. The number of aromatic nitrogens is 2. The first-order valence-electron chi connectivity index (χ1n) is 6.18. The van der Waals surface area contributed by atoms with Gasteiger partial charge in [-0.05, 0) is 5.92 Å². The monoisotopic (exact) mass is 252 g/mol. The minimum atomic E-state index is -0.225. The van der Waals surface area contributed by atoms with Crippen LogP contribution in [-0.2, 0) is 5.41 Å². The lowest BCUT2D eigenvalue weighted by molar-refractivity contribution is 0.0737. The van der Waals surface area contributed by atoms with Crippen molar-refractivity contribution in [1.29, 1.82) is 0 Å². The number of hydrogen-bond donors (Lipinski definition) is 1. The highest BCUT2D eigenvalue weighted by Gasteiger charge is 2.33. The van der Waals surface area contributed by atoms with Crippen molar-refractivity contribution in [3.63, 3.8) is 0 Å². The molecule has 18 heavy (non-hydrogen) atoms. The maximum absolute atomic E-state index is 12.2. The van der Waals surface area contributed by atoms with Crippen LogP contribution in [0.4, 0.5) is 0 Å². The Morgan fingerprint density at radius 1 is 1.44 bits per heavy atom. The van der Waals surface area contributed by atoms with Crippen molar-refractivity contribution < 1.29 is 9.32 Å². The topological polar surface area (TPSA) is 85.2 Å². The fourth-order valence-electron chi connectivity index (χ4n) is 1.91. The Balaban J connectivity index is 2.13. The zero-order valence-electron chi connectivity index (χ0n) is 11.3. The highest BCUT2D eigenvalue weighted by Crippen LogP contribution is 2.20. The molecule has 2 atom stereocenters. The fourth-order valence-corrected chi connectivity index (χ4v) is 1.91. The molecule has 1 fully saturated rings. The lowest BCUT2D eigenvalue weighted by Gasteiger charge is -2.13. The van der Waals surface area contributed by atoms with E-state index in [1.54, 1.807) is 4.90 Å². The van der Waals surface area contributed by atoms with Crippen LogP contribution in [0.2, 0.25) is 0 Å². The summed E-state index contributed by atoms with van der Waals surface area (Å²) in [5, 5.41) is 3.85. The van der Waals surface area contributed by atoms with Crippen LogP contribution in [0, 0.1) is 5.92 Å². The standard InChI is InChI=1S/C12H20N4O2/c1-7-5-16(6-8(7)13)10(17)9-14-11(15-18-9)12(2,3)4/h7-8H,5-6,13H2,1-4H3. The first-order valence-corrected chi connectivity index (χ1v) is 6.18. The lowest BCUT2D eigenvalue weighted by atomic mass is 9.96. The van der Waals surface area contributed by atoms with Gasteiger partial charge in [0.15, 0.2) is 5.82 Å². The number of carbonyl (C=O) groups excluding carboxylic acids is 1. The maximum atomic E-state index is 12.2. The summed E-state index contributed by atoms with van der Waals surface area (Å²) < 4.78 is 5.04. The predicted octanol–water partition coefficient (Wildman–Crippen LogP) is 0.786. The third-order valence-electron chi connectivity index (χ3n) is 3.24. The summed E-state index contributed by atoms with van der Waals surface area (Å²) in [6.07, 6.45) is 0. The molecule has 1 amide bonds. The molecule has 1 aromatic heterocycles. The van der Waals surface area contributed by atoms with E-state index in [4.69, 9.17) is 10.3 Å². The molecule has 2 unspecified atom stereocenters. The van der Waals surface area contributed by atoms with Crippen molar-refractivity contribution in [2.75, 3.05) is 13.1 Å². The number of nitrogens with two attached hydrogens (primary N) is 1.